The highest BCUT2D eigenvalue weighted by molar-refractivity contribution is 5.94. The van der Waals surface area contributed by atoms with Crippen LogP contribution in [0.3, 0.4) is 0 Å². The minimum atomic E-state index is -4.52. The SMILES string of the molecule is CCOC(=O)c1ncn2ncc(C(F)(F)F)cc12. The van der Waals surface area contributed by atoms with Gasteiger partial charge < -0.3 is 4.74 Å². The molecule has 0 N–H and O–H groups in total. The molecule has 0 saturated carbocycles. The third-order valence-electron chi connectivity index (χ3n) is 2.20. The zero-order chi connectivity index (χ0) is 13.3. The number of halogens is 3. The van der Waals surface area contributed by atoms with E-state index in [1.54, 1.807) is 6.92 Å². The van der Waals surface area contributed by atoms with Gasteiger partial charge in [-0.15, -0.1) is 0 Å². The number of imidazole rings is 1. The van der Waals surface area contributed by atoms with Gasteiger partial charge in [0.25, 0.3) is 0 Å². The summed E-state index contributed by atoms with van der Waals surface area (Å²) in [6.45, 7) is 1.71. The Bertz CT molecular complexity index is 592. The van der Waals surface area contributed by atoms with Crippen LogP contribution in [-0.2, 0) is 10.9 Å². The van der Waals surface area contributed by atoms with Crippen molar-refractivity contribution in [2.24, 2.45) is 0 Å². The molecule has 2 aromatic heterocycles. The van der Waals surface area contributed by atoms with Crippen molar-refractivity contribution in [1.29, 1.82) is 0 Å². The second-order valence-corrected chi connectivity index (χ2v) is 3.39. The minimum Gasteiger partial charge on any atom is -0.461 e. The molecular formula is C10H8F3N3O2. The lowest BCUT2D eigenvalue weighted by Gasteiger charge is -2.06. The molecule has 0 aliphatic carbocycles. The van der Waals surface area contributed by atoms with Gasteiger partial charge in [0.2, 0.25) is 0 Å². The molecule has 2 aromatic rings. The lowest BCUT2D eigenvalue weighted by Crippen LogP contribution is -2.09. The maximum absolute atomic E-state index is 12.5. The number of nitrogens with zero attached hydrogens (tertiary/aromatic N) is 3. The molecular weight excluding hydrogens is 251 g/mol. The van der Waals surface area contributed by atoms with E-state index in [9.17, 15) is 18.0 Å². The quantitative estimate of drug-likeness (QED) is 0.773. The lowest BCUT2D eigenvalue weighted by atomic mass is 10.2. The van der Waals surface area contributed by atoms with Gasteiger partial charge in [0.05, 0.1) is 18.4 Å². The van der Waals surface area contributed by atoms with Gasteiger partial charge in [-0.3, -0.25) is 0 Å². The van der Waals surface area contributed by atoms with Crippen molar-refractivity contribution in [1.82, 2.24) is 14.6 Å². The van der Waals surface area contributed by atoms with Gasteiger partial charge in [0, 0.05) is 0 Å². The van der Waals surface area contributed by atoms with E-state index >= 15 is 0 Å². The van der Waals surface area contributed by atoms with Gasteiger partial charge in [-0.1, -0.05) is 0 Å². The summed E-state index contributed by atoms with van der Waals surface area (Å²) in [4.78, 5) is 15.2. The maximum atomic E-state index is 12.5. The van der Waals surface area contributed by atoms with Crippen molar-refractivity contribution in [2.45, 2.75) is 13.1 Å². The molecule has 8 heteroatoms. The van der Waals surface area contributed by atoms with Crippen LogP contribution in [0.25, 0.3) is 5.52 Å². The molecule has 0 spiro atoms. The average Bonchev–Trinajstić information content (AvgIpc) is 2.70. The van der Waals surface area contributed by atoms with E-state index in [4.69, 9.17) is 4.74 Å². The van der Waals surface area contributed by atoms with Gasteiger partial charge in [0.1, 0.15) is 11.8 Å². The highest BCUT2D eigenvalue weighted by Gasteiger charge is 2.32. The number of aromatic nitrogens is 3. The van der Waals surface area contributed by atoms with Crippen molar-refractivity contribution in [3.63, 3.8) is 0 Å². The predicted octanol–water partition coefficient (Wildman–Crippen LogP) is 1.92. The number of alkyl halides is 3. The molecule has 0 aliphatic rings. The summed E-state index contributed by atoms with van der Waals surface area (Å²) in [5.74, 6) is -0.777. The fourth-order valence-corrected chi connectivity index (χ4v) is 1.40. The molecule has 0 bridgehead atoms. The van der Waals surface area contributed by atoms with Crippen molar-refractivity contribution in [2.75, 3.05) is 6.61 Å². The molecule has 0 aliphatic heterocycles. The fraction of sp³-hybridized carbons (Fsp3) is 0.300. The van der Waals surface area contributed by atoms with Crippen LogP contribution < -0.4 is 0 Å². The molecule has 0 atom stereocenters. The summed E-state index contributed by atoms with van der Waals surface area (Å²) in [6.07, 6.45) is -2.70. The first-order valence-corrected chi connectivity index (χ1v) is 5.01. The summed E-state index contributed by atoms with van der Waals surface area (Å²) >= 11 is 0. The normalized spacial score (nSPS) is 11.8. The summed E-state index contributed by atoms with van der Waals surface area (Å²) in [5.41, 5.74) is -1.17. The van der Waals surface area contributed by atoms with Crippen LogP contribution >= 0.6 is 0 Å². The monoisotopic (exact) mass is 259 g/mol. The van der Waals surface area contributed by atoms with Crippen LogP contribution in [0.2, 0.25) is 0 Å². The molecule has 0 radical (unpaired) electrons. The van der Waals surface area contributed by atoms with Crippen molar-refractivity contribution in [3.8, 4) is 0 Å². The highest BCUT2D eigenvalue weighted by atomic mass is 19.4. The average molecular weight is 259 g/mol. The zero-order valence-corrected chi connectivity index (χ0v) is 9.23. The molecule has 2 heterocycles. The standard InChI is InChI=1S/C10H8F3N3O2/c1-2-18-9(17)8-7-3-6(10(11,12)13)4-15-16(7)5-14-8/h3-5H,2H2,1H3. The third-order valence-corrected chi connectivity index (χ3v) is 2.20. The maximum Gasteiger partial charge on any atom is 0.418 e. The van der Waals surface area contributed by atoms with E-state index in [1.807, 2.05) is 0 Å². The summed E-state index contributed by atoms with van der Waals surface area (Å²) in [6, 6.07) is 0.812. The number of esters is 1. The lowest BCUT2D eigenvalue weighted by molar-refractivity contribution is -0.137. The van der Waals surface area contributed by atoms with Crippen molar-refractivity contribution >= 4 is 11.5 Å². The topological polar surface area (TPSA) is 56.5 Å². The minimum absolute atomic E-state index is 0.0386. The van der Waals surface area contributed by atoms with Crippen molar-refractivity contribution < 1.29 is 22.7 Å². The molecule has 18 heavy (non-hydrogen) atoms. The van der Waals surface area contributed by atoms with E-state index in [0.29, 0.717) is 6.20 Å². The van der Waals surface area contributed by atoms with E-state index in [0.717, 1.165) is 16.9 Å². The Balaban J connectivity index is 2.53. The molecule has 0 saturated heterocycles. The molecule has 0 unspecified atom stereocenters. The van der Waals surface area contributed by atoms with Gasteiger partial charge in [0.15, 0.2) is 5.69 Å². The largest absolute Gasteiger partial charge is 0.461 e. The molecule has 5 nitrogen and oxygen atoms in total. The number of ether oxygens (including phenoxy) is 1. The van der Waals surface area contributed by atoms with Crippen molar-refractivity contribution in [3.05, 3.63) is 29.8 Å². The Morgan fingerprint density at radius 2 is 2.22 bits per heavy atom. The van der Waals surface area contributed by atoms with E-state index in [-0.39, 0.29) is 17.8 Å². The first-order chi connectivity index (χ1) is 8.43. The van der Waals surface area contributed by atoms with Gasteiger partial charge in [-0.05, 0) is 13.0 Å². The smallest absolute Gasteiger partial charge is 0.418 e. The van der Waals surface area contributed by atoms with Crippen LogP contribution in [0, 0.1) is 0 Å². The molecule has 0 fully saturated rings. The number of carbonyl (C=O) groups excluding carboxylic acids is 1. The second kappa shape index (κ2) is 4.28. The van der Waals surface area contributed by atoms with Crippen LogP contribution in [-0.4, -0.2) is 27.2 Å². The Morgan fingerprint density at radius 3 is 2.83 bits per heavy atom. The molecule has 2 rings (SSSR count). The van der Waals surface area contributed by atoms with Gasteiger partial charge in [-0.2, -0.15) is 18.3 Å². The Kier molecular flexibility index (Phi) is 2.93. The van der Waals surface area contributed by atoms with Gasteiger partial charge >= 0.3 is 12.1 Å². The Labute approximate surface area is 99.2 Å². The summed E-state index contributed by atoms with van der Waals surface area (Å²) in [7, 11) is 0. The molecule has 0 aromatic carbocycles. The number of rotatable bonds is 2. The zero-order valence-electron chi connectivity index (χ0n) is 9.23. The molecule has 96 valence electrons. The number of fused-ring (bicyclic) bond motifs is 1. The second-order valence-electron chi connectivity index (χ2n) is 3.39. The predicted molar refractivity (Wildman–Crippen MR) is 53.9 cm³/mol. The van der Waals surface area contributed by atoms with Gasteiger partial charge in [-0.25, -0.2) is 14.3 Å². The summed E-state index contributed by atoms with van der Waals surface area (Å²) < 4.78 is 43.3. The third kappa shape index (κ3) is 2.13. The number of carbonyl (C=O) groups is 1. The highest BCUT2D eigenvalue weighted by Crippen LogP contribution is 2.29. The fourth-order valence-electron chi connectivity index (χ4n) is 1.40. The van der Waals surface area contributed by atoms with E-state index in [1.165, 1.54) is 0 Å². The summed E-state index contributed by atoms with van der Waals surface area (Å²) in [5, 5.41) is 3.54. The number of hydrogen-bond acceptors (Lipinski definition) is 4. The van der Waals surface area contributed by atoms with E-state index in [2.05, 4.69) is 10.1 Å². The van der Waals surface area contributed by atoms with Crippen LogP contribution in [0.1, 0.15) is 23.0 Å². The van der Waals surface area contributed by atoms with Crippen LogP contribution in [0.4, 0.5) is 13.2 Å². The van der Waals surface area contributed by atoms with Crippen LogP contribution in [0.15, 0.2) is 18.6 Å². The Hall–Kier alpha value is -2.12. The Morgan fingerprint density at radius 1 is 1.50 bits per heavy atom. The van der Waals surface area contributed by atoms with Crippen LogP contribution in [0.5, 0.6) is 0 Å². The molecule has 0 amide bonds. The first kappa shape index (κ1) is 12.3. The first-order valence-electron chi connectivity index (χ1n) is 5.01. The van der Waals surface area contributed by atoms with E-state index < -0.39 is 17.7 Å². The number of hydrogen-bond donors (Lipinski definition) is 0.